The molecule has 1 aliphatic heterocycles. The van der Waals surface area contributed by atoms with Crippen LogP contribution in [-0.4, -0.2) is 42.2 Å². The third-order valence-corrected chi connectivity index (χ3v) is 6.49. The second kappa shape index (κ2) is 9.63. The summed E-state index contributed by atoms with van der Waals surface area (Å²) in [5.41, 5.74) is 0.794. The lowest BCUT2D eigenvalue weighted by atomic mass is 9.83. The minimum absolute atomic E-state index is 0.101. The van der Waals surface area contributed by atoms with Gasteiger partial charge in [0.05, 0.1) is 0 Å². The molecule has 2 aliphatic rings. The van der Waals surface area contributed by atoms with Gasteiger partial charge in [0.15, 0.2) is 0 Å². The lowest BCUT2D eigenvalue weighted by Gasteiger charge is -2.37. The molecule has 2 fully saturated rings. The van der Waals surface area contributed by atoms with Gasteiger partial charge in [-0.25, -0.2) is 0 Å². The van der Waals surface area contributed by atoms with E-state index in [1.54, 1.807) is 0 Å². The van der Waals surface area contributed by atoms with Crippen molar-refractivity contribution in [1.29, 1.82) is 0 Å². The molecule has 1 N–H and O–H groups in total. The number of hydrogen-bond acceptors (Lipinski definition) is 3. The van der Waals surface area contributed by atoms with E-state index in [2.05, 4.69) is 29.3 Å². The Morgan fingerprint density at radius 2 is 1.80 bits per heavy atom. The molecule has 4 heteroatoms. The maximum absolute atomic E-state index is 12.7. The molecular weight excluding hydrogens is 328 g/mol. The first-order valence-electron chi connectivity index (χ1n) is 10.0. The van der Waals surface area contributed by atoms with Crippen molar-refractivity contribution in [3.63, 3.8) is 0 Å². The van der Waals surface area contributed by atoms with E-state index >= 15 is 0 Å². The van der Waals surface area contributed by atoms with E-state index in [1.807, 2.05) is 23.9 Å². The molecule has 0 spiro atoms. The highest BCUT2D eigenvalue weighted by Crippen LogP contribution is 2.27. The monoisotopic (exact) mass is 360 g/mol. The number of piperidine rings is 1. The number of thioether (sulfide) groups is 1. The minimum atomic E-state index is 0.101. The smallest absolute Gasteiger partial charge is 0.251 e. The van der Waals surface area contributed by atoms with Crippen LogP contribution < -0.4 is 5.32 Å². The first kappa shape index (κ1) is 18.8. The summed E-state index contributed by atoms with van der Waals surface area (Å²) in [4.78, 5) is 16.5. The Morgan fingerprint density at radius 1 is 1.08 bits per heavy atom. The van der Waals surface area contributed by atoms with Crippen LogP contribution in [0.5, 0.6) is 0 Å². The van der Waals surface area contributed by atoms with Crippen molar-refractivity contribution in [3.8, 4) is 0 Å². The lowest BCUT2D eigenvalue weighted by molar-refractivity contribution is 0.0877. The van der Waals surface area contributed by atoms with Crippen LogP contribution in [0.25, 0.3) is 0 Å². The van der Waals surface area contributed by atoms with Crippen molar-refractivity contribution >= 4 is 17.7 Å². The number of carbonyl (C=O) groups is 1. The number of benzene rings is 1. The van der Waals surface area contributed by atoms with Crippen LogP contribution in [0, 0.1) is 5.92 Å². The zero-order valence-electron chi connectivity index (χ0n) is 15.5. The Kier molecular flexibility index (Phi) is 7.23. The lowest BCUT2D eigenvalue weighted by Crippen LogP contribution is -2.47. The standard InChI is InChI=1S/C21H32N2OS/c1-2-25-19-12-10-17(11-13-19)21(24)22-20-9-5-4-8-18(20)16-23-14-6-3-7-15-23/h10-13,18,20H,2-9,14-16H2,1H3,(H,22,24)/t18-,20+/m0/s1. The Morgan fingerprint density at radius 3 is 2.52 bits per heavy atom. The molecule has 1 saturated heterocycles. The maximum Gasteiger partial charge on any atom is 0.251 e. The van der Waals surface area contributed by atoms with Crippen molar-refractivity contribution in [2.24, 2.45) is 5.92 Å². The molecule has 0 aromatic heterocycles. The number of nitrogens with zero attached hydrogens (tertiary/aromatic N) is 1. The first-order valence-corrected chi connectivity index (χ1v) is 11.0. The summed E-state index contributed by atoms with van der Waals surface area (Å²) in [7, 11) is 0. The molecule has 1 aromatic rings. The highest BCUT2D eigenvalue weighted by molar-refractivity contribution is 7.99. The van der Waals surface area contributed by atoms with Gasteiger partial charge in [0.25, 0.3) is 5.91 Å². The molecule has 0 unspecified atom stereocenters. The van der Waals surface area contributed by atoms with Gasteiger partial charge in [-0.15, -0.1) is 11.8 Å². The fraction of sp³-hybridized carbons (Fsp3) is 0.667. The highest BCUT2D eigenvalue weighted by atomic mass is 32.2. The van der Waals surface area contributed by atoms with Crippen LogP contribution in [-0.2, 0) is 0 Å². The summed E-state index contributed by atoms with van der Waals surface area (Å²) in [6, 6.07) is 8.41. The third-order valence-electron chi connectivity index (χ3n) is 5.59. The topological polar surface area (TPSA) is 32.3 Å². The van der Waals surface area contributed by atoms with Crippen LogP contribution in [0.3, 0.4) is 0 Å². The molecule has 1 aliphatic carbocycles. The summed E-state index contributed by atoms with van der Waals surface area (Å²) in [6.07, 6.45) is 9.01. The van der Waals surface area contributed by atoms with E-state index in [-0.39, 0.29) is 5.91 Å². The average molecular weight is 361 g/mol. The summed E-state index contributed by atoms with van der Waals surface area (Å²) < 4.78 is 0. The van der Waals surface area contributed by atoms with Gasteiger partial charge in [0, 0.05) is 23.0 Å². The van der Waals surface area contributed by atoms with Crippen molar-refractivity contribution in [1.82, 2.24) is 10.2 Å². The van der Waals surface area contributed by atoms with Crippen molar-refractivity contribution < 1.29 is 4.79 Å². The molecule has 138 valence electrons. The van der Waals surface area contributed by atoms with Gasteiger partial charge in [-0.05, 0) is 74.7 Å². The number of carbonyl (C=O) groups excluding carboxylic acids is 1. The predicted molar refractivity (Wildman–Crippen MR) is 106 cm³/mol. The molecule has 3 nitrogen and oxygen atoms in total. The van der Waals surface area contributed by atoms with Gasteiger partial charge in [0.2, 0.25) is 0 Å². The normalized spacial score (nSPS) is 24.8. The molecule has 2 atom stereocenters. The fourth-order valence-corrected chi connectivity index (χ4v) is 4.87. The van der Waals surface area contributed by atoms with Gasteiger partial charge in [0.1, 0.15) is 0 Å². The Balaban J connectivity index is 1.57. The molecule has 1 saturated carbocycles. The number of likely N-dealkylation sites (tertiary alicyclic amines) is 1. The number of hydrogen-bond donors (Lipinski definition) is 1. The zero-order valence-corrected chi connectivity index (χ0v) is 16.3. The Labute approximate surface area is 156 Å². The Hall–Kier alpha value is -1.00. The summed E-state index contributed by atoms with van der Waals surface area (Å²) in [5, 5.41) is 3.35. The van der Waals surface area contributed by atoms with Crippen molar-refractivity contribution in [3.05, 3.63) is 29.8 Å². The second-order valence-electron chi connectivity index (χ2n) is 7.44. The zero-order chi connectivity index (χ0) is 17.5. The average Bonchev–Trinajstić information content (AvgIpc) is 2.65. The van der Waals surface area contributed by atoms with Crippen LogP contribution in [0.2, 0.25) is 0 Å². The van der Waals surface area contributed by atoms with E-state index in [1.165, 1.54) is 56.5 Å². The molecule has 3 rings (SSSR count). The maximum atomic E-state index is 12.7. The second-order valence-corrected chi connectivity index (χ2v) is 8.78. The van der Waals surface area contributed by atoms with Gasteiger partial charge < -0.3 is 10.2 Å². The summed E-state index contributed by atoms with van der Waals surface area (Å²) >= 11 is 1.81. The fourth-order valence-electron chi connectivity index (χ4n) is 4.21. The van der Waals surface area contributed by atoms with Crippen LogP contribution in [0.4, 0.5) is 0 Å². The predicted octanol–water partition coefficient (Wildman–Crippen LogP) is 4.57. The Bertz CT molecular complexity index is 539. The first-order chi connectivity index (χ1) is 12.3. The van der Waals surface area contributed by atoms with E-state index < -0.39 is 0 Å². The molecular formula is C21H32N2OS. The van der Waals surface area contributed by atoms with Crippen LogP contribution >= 0.6 is 11.8 Å². The molecule has 1 aromatic carbocycles. The number of amides is 1. The van der Waals surface area contributed by atoms with Gasteiger partial charge in [-0.2, -0.15) is 0 Å². The third kappa shape index (κ3) is 5.49. The SMILES string of the molecule is CCSc1ccc(C(=O)N[C@@H]2CCCC[C@H]2CN2CCCCC2)cc1. The quantitative estimate of drug-likeness (QED) is 0.754. The van der Waals surface area contributed by atoms with E-state index in [4.69, 9.17) is 0 Å². The van der Waals surface area contributed by atoms with Crippen LogP contribution in [0.15, 0.2) is 29.2 Å². The number of nitrogens with one attached hydrogen (secondary N) is 1. The largest absolute Gasteiger partial charge is 0.349 e. The summed E-state index contributed by atoms with van der Waals surface area (Å²) in [6.45, 7) is 5.80. The molecule has 0 radical (unpaired) electrons. The molecule has 1 amide bonds. The van der Waals surface area contributed by atoms with Gasteiger partial charge in [-0.1, -0.05) is 26.2 Å². The molecule has 0 bridgehead atoms. The minimum Gasteiger partial charge on any atom is -0.349 e. The van der Waals surface area contributed by atoms with Crippen LogP contribution in [0.1, 0.15) is 62.2 Å². The molecule has 25 heavy (non-hydrogen) atoms. The van der Waals surface area contributed by atoms with Gasteiger partial charge in [-0.3, -0.25) is 4.79 Å². The van der Waals surface area contributed by atoms with Crippen molar-refractivity contribution in [2.45, 2.75) is 62.8 Å². The summed E-state index contributed by atoms with van der Waals surface area (Å²) in [5.74, 6) is 1.78. The number of rotatable bonds is 6. The molecule has 1 heterocycles. The van der Waals surface area contributed by atoms with Gasteiger partial charge >= 0.3 is 0 Å². The van der Waals surface area contributed by atoms with E-state index in [9.17, 15) is 4.79 Å². The van der Waals surface area contributed by atoms with Crippen molar-refractivity contribution in [2.75, 3.05) is 25.4 Å². The highest BCUT2D eigenvalue weighted by Gasteiger charge is 2.28. The van der Waals surface area contributed by atoms with E-state index in [0.717, 1.165) is 24.3 Å². The van der Waals surface area contributed by atoms with E-state index in [0.29, 0.717) is 12.0 Å².